The fourth-order valence-electron chi connectivity index (χ4n) is 3.67. The van der Waals surface area contributed by atoms with E-state index in [4.69, 9.17) is 5.73 Å². The van der Waals surface area contributed by atoms with Crippen LogP contribution in [-0.2, 0) is 6.54 Å². The molecule has 0 bridgehead atoms. The Kier molecular flexibility index (Phi) is 4.87. The third-order valence-electron chi connectivity index (χ3n) is 5.37. The normalized spacial score (nSPS) is 11.0. The number of nitrogens with two attached hydrogens (primary N) is 1. The second-order valence-electron chi connectivity index (χ2n) is 7.41. The van der Waals surface area contributed by atoms with Gasteiger partial charge >= 0.3 is 5.69 Å². The van der Waals surface area contributed by atoms with Crippen molar-refractivity contribution in [3.63, 3.8) is 0 Å². The minimum absolute atomic E-state index is 0.0558. The van der Waals surface area contributed by atoms with Crippen molar-refractivity contribution in [2.24, 2.45) is 0 Å². The van der Waals surface area contributed by atoms with Crippen LogP contribution in [0.2, 0.25) is 0 Å². The van der Waals surface area contributed by atoms with Crippen molar-refractivity contribution in [1.29, 1.82) is 0 Å². The predicted octanol–water partition coefficient (Wildman–Crippen LogP) is 3.59. The average molecular weight is 439 g/mol. The molecule has 0 saturated carbocycles. The number of carbonyl (C=O) groups is 1. The van der Waals surface area contributed by atoms with Crippen molar-refractivity contribution < 1.29 is 9.72 Å². The number of amides is 1. The molecule has 5 aromatic rings. The van der Waals surface area contributed by atoms with Crippen LogP contribution in [0.3, 0.4) is 0 Å². The average Bonchev–Trinajstić information content (AvgIpc) is 3.26. The maximum Gasteiger partial charge on any atom is 0.310 e. The molecule has 1 aromatic carbocycles. The van der Waals surface area contributed by atoms with E-state index in [9.17, 15) is 14.9 Å². The molecule has 4 aromatic heterocycles. The summed E-state index contributed by atoms with van der Waals surface area (Å²) in [5.74, 6) is -0.261. The molecule has 0 atom stereocenters. The summed E-state index contributed by atoms with van der Waals surface area (Å²) < 4.78 is 0. The largest absolute Gasteiger partial charge is 0.393 e. The van der Waals surface area contributed by atoms with Crippen molar-refractivity contribution in [2.45, 2.75) is 6.54 Å². The van der Waals surface area contributed by atoms with Gasteiger partial charge in [-0.2, -0.15) is 0 Å². The number of nitrogens with zero attached hydrogens (tertiary/aromatic N) is 4. The number of hydrogen-bond donors (Lipinski definition) is 3. The Morgan fingerprint density at radius 1 is 1.12 bits per heavy atom. The number of hydrogen-bond acceptors (Lipinski definition) is 7. The third kappa shape index (κ3) is 3.69. The second kappa shape index (κ2) is 8.00. The minimum Gasteiger partial charge on any atom is -0.393 e. The SMILES string of the molecule is Nc1c([N+](=O)[O-])cnc2ccc(-c3c[nH]c4ncc(C(=O)NCc5cccnc5)cc34)cc12. The van der Waals surface area contributed by atoms with Crippen LogP contribution < -0.4 is 11.1 Å². The first-order chi connectivity index (χ1) is 16.0. The first-order valence-corrected chi connectivity index (χ1v) is 9.98. The van der Waals surface area contributed by atoms with Crippen molar-refractivity contribution >= 4 is 39.2 Å². The van der Waals surface area contributed by atoms with Gasteiger partial charge in [-0.3, -0.25) is 19.9 Å². The van der Waals surface area contributed by atoms with Gasteiger partial charge in [0.2, 0.25) is 0 Å². The van der Waals surface area contributed by atoms with Gasteiger partial charge in [0, 0.05) is 47.7 Å². The molecule has 0 spiro atoms. The number of H-pyrrole nitrogens is 1. The molecule has 0 radical (unpaired) electrons. The lowest BCUT2D eigenvalue weighted by Crippen LogP contribution is -2.22. The lowest BCUT2D eigenvalue weighted by Gasteiger charge is -2.07. The summed E-state index contributed by atoms with van der Waals surface area (Å²) in [6, 6.07) is 10.8. The number of nitro groups is 1. The zero-order valence-corrected chi connectivity index (χ0v) is 17.1. The number of nitrogens with one attached hydrogen (secondary N) is 2. The molecule has 10 heteroatoms. The highest BCUT2D eigenvalue weighted by Crippen LogP contribution is 2.34. The van der Waals surface area contributed by atoms with Gasteiger partial charge in [0.1, 0.15) is 17.5 Å². The first-order valence-electron chi connectivity index (χ1n) is 9.98. The van der Waals surface area contributed by atoms with Gasteiger partial charge in [0.05, 0.1) is 16.0 Å². The molecule has 33 heavy (non-hydrogen) atoms. The molecular weight excluding hydrogens is 422 g/mol. The Morgan fingerprint density at radius 3 is 2.79 bits per heavy atom. The van der Waals surface area contributed by atoms with Crippen LogP contribution in [-0.4, -0.2) is 30.8 Å². The number of anilines is 1. The Hall–Kier alpha value is -4.86. The molecular formula is C23H17N7O3. The van der Waals surface area contributed by atoms with Crippen LogP contribution in [0.1, 0.15) is 15.9 Å². The molecule has 4 heterocycles. The number of rotatable bonds is 5. The number of aromatic amines is 1. The van der Waals surface area contributed by atoms with E-state index in [1.54, 1.807) is 36.8 Å². The highest BCUT2D eigenvalue weighted by atomic mass is 16.6. The Morgan fingerprint density at radius 2 is 2.00 bits per heavy atom. The van der Waals surface area contributed by atoms with E-state index in [2.05, 4.69) is 25.3 Å². The summed E-state index contributed by atoms with van der Waals surface area (Å²) in [6.45, 7) is 0.348. The number of pyridine rings is 3. The Bertz CT molecular complexity index is 1530. The molecule has 5 rings (SSSR count). The predicted molar refractivity (Wildman–Crippen MR) is 123 cm³/mol. The van der Waals surface area contributed by atoms with Crippen LogP contribution >= 0.6 is 0 Å². The zero-order chi connectivity index (χ0) is 22.9. The van der Waals surface area contributed by atoms with Gasteiger partial charge in [-0.15, -0.1) is 0 Å². The van der Waals surface area contributed by atoms with Gasteiger partial charge in [0.25, 0.3) is 5.91 Å². The monoisotopic (exact) mass is 439 g/mol. The Labute approximate surface area is 186 Å². The highest BCUT2D eigenvalue weighted by Gasteiger charge is 2.17. The van der Waals surface area contributed by atoms with Gasteiger partial charge in [-0.05, 0) is 35.4 Å². The summed E-state index contributed by atoms with van der Waals surface area (Å²) in [5, 5.41) is 15.3. The lowest BCUT2D eigenvalue weighted by atomic mass is 10.0. The number of aromatic nitrogens is 4. The molecule has 1 amide bonds. The summed E-state index contributed by atoms with van der Waals surface area (Å²) in [6.07, 6.45) is 7.80. The topological polar surface area (TPSA) is 153 Å². The van der Waals surface area contributed by atoms with E-state index < -0.39 is 4.92 Å². The minimum atomic E-state index is -0.555. The molecule has 0 saturated heterocycles. The molecule has 0 aliphatic carbocycles. The van der Waals surface area contributed by atoms with E-state index in [0.717, 1.165) is 28.3 Å². The maximum atomic E-state index is 12.7. The van der Waals surface area contributed by atoms with E-state index in [1.807, 2.05) is 18.2 Å². The van der Waals surface area contributed by atoms with Crippen molar-refractivity contribution in [3.8, 4) is 11.1 Å². The van der Waals surface area contributed by atoms with Crippen LogP contribution in [0.5, 0.6) is 0 Å². The Balaban J connectivity index is 1.51. The van der Waals surface area contributed by atoms with Crippen LogP contribution in [0.15, 0.2) is 67.4 Å². The smallest absolute Gasteiger partial charge is 0.310 e. The van der Waals surface area contributed by atoms with Crippen molar-refractivity contribution in [3.05, 3.63) is 88.6 Å². The summed E-state index contributed by atoms with van der Waals surface area (Å²) in [5.41, 5.74) is 9.86. The highest BCUT2D eigenvalue weighted by molar-refractivity contribution is 6.03. The number of nitrogen functional groups attached to an aromatic ring is 1. The molecule has 0 fully saturated rings. The zero-order valence-electron chi connectivity index (χ0n) is 17.1. The fraction of sp³-hybridized carbons (Fsp3) is 0.0435. The standard InChI is InChI=1S/C23H17N7O3/c24-21-17-6-14(3-4-19(17)26-12-20(21)30(32)33)18-11-28-22-16(18)7-15(10-27-22)23(31)29-9-13-2-1-5-25-8-13/h1-8,10-12H,9H2,(H2,24,26)(H,27,28)(H,29,31). The van der Waals surface area contributed by atoms with Crippen LogP contribution in [0, 0.1) is 10.1 Å². The molecule has 0 aliphatic heterocycles. The molecule has 0 unspecified atom stereocenters. The first kappa shape index (κ1) is 20.1. The summed E-state index contributed by atoms with van der Waals surface area (Å²) >= 11 is 0. The van der Waals surface area contributed by atoms with E-state index in [-0.39, 0.29) is 17.3 Å². The van der Waals surface area contributed by atoms with Crippen molar-refractivity contribution in [2.75, 3.05) is 5.73 Å². The van der Waals surface area contributed by atoms with Gasteiger partial charge in [0.15, 0.2) is 0 Å². The number of fused-ring (bicyclic) bond motifs is 2. The summed E-state index contributed by atoms with van der Waals surface area (Å²) in [4.78, 5) is 39.0. The molecule has 0 aliphatic rings. The second-order valence-corrected chi connectivity index (χ2v) is 7.41. The van der Waals surface area contributed by atoms with Crippen LogP contribution in [0.4, 0.5) is 11.4 Å². The van der Waals surface area contributed by atoms with Gasteiger partial charge < -0.3 is 16.0 Å². The van der Waals surface area contributed by atoms with E-state index in [0.29, 0.717) is 28.7 Å². The molecule has 162 valence electrons. The van der Waals surface area contributed by atoms with E-state index in [1.165, 1.54) is 6.20 Å². The molecule has 10 nitrogen and oxygen atoms in total. The number of carbonyl (C=O) groups excluding carboxylic acids is 1. The fourth-order valence-corrected chi connectivity index (χ4v) is 3.67. The maximum absolute atomic E-state index is 12.7. The summed E-state index contributed by atoms with van der Waals surface area (Å²) in [7, 11) is 0. The van der Waals surface area contributed by atoms with E-state index >= 15 is 0 Å². The molecule has 4 N–H and O–H groups in total. The van der Waals surface area contributed by atoms with Crippen molar-refractivity contribution in [1.82, 2.24) is 25.3 Å². The third-order valence-corrected chi connectivity index (χ3v) is 5.37. The quantitative estimate of drug-likeness (QED) is 0.279. The van der Waals surface area contributed by atoms with Gasteiger partial charge in [-0.25, -0.2) is 9.97 Å². The number of benzene rings is 1. The van der Waals surface area contributed by atoms with Gasteiger partial charge in [-0.1, -0.05) is 12.1 Å². The van der Waals surface area contributed by atoms with Crippen LogP contribution in [0.25, 0.3) is 33.1 Å². The lowest BCUT2D eigenvalue weighted by molar-refractivity contribution is -0.384.